The zero-order chi connectivity index (χ0) is 12.9. The molecule has 100 valence electrons. The summed E-state index contributed by atoms with van der Waals surface area (Å²) in [4.78, 5) is 26.0. The van der Waals surface area contributed by atoms with E-state index in [-0.39, 0.29) is 23.8 Å². The van der Waals surface area contributed by atoms with Gasteiger partial charge < -0.3 is 4.74 Å². The summed E-state index contributed by atoms with van der Waals surface area (Å²) in [6, 6.07) is 0.145. The minimum Gasteiger partial charge on any atom is -0.469 e. The fourth-order valence-electron chi connectivity index (χ4n) is 4.17. The number of likely N-dealkylation sites (N-methyl/N-ethyl adjacent to an activating group) is 1. The second kappa shape index (κ2) is 3.95. The lowest BCUT2D eigenvalue weighted by atomic mass is 9.96. The normalized spacial score (nSPS) is 42.7. The number of amides is 1. The Morgan fingerprint density at radius 2 is 2.17 bits per heavy atom. The van der Waals surface area contributed by atoms with Gasteiger partial charge in [0.15, 0.2) is 12.2 Å². The molecule has 1 amide bonds. The van der Waals surface area contributed by atoms with Crippen LogP contribution in [0.4, 0.5) is 0 Å². The van der Waals surface area contributed by atoms with Crippen molar-refractivity contribution < 1.29 is 18.8 Å². The molecule has 0 saturated carbocycles. The van der Waals surface area contributed by atoms with E-state index < -0.39 is 0 Å². The van der Waals surface area contributed by atoms with Gasteiger partial charge in [-0.2, -0.15) is 0 Å². The Morgan fingerprint density at radius 3 is 2.89 bits per heavy atom. The molecule has 0 aliphatic carbocycles. The second-order valence-corrected chi connectivity index (χ2v) is 6.00. The molecule has 3 heterocycles. The molecule has 3 aliphatic rings. The number of nitrogens with zero attached hydrogens (tertiary/aromatic N) is 2. The summed E-state index contributed by atoms with van der Waals surface area (Å²) in [6.45, 7) is 1.65. The number of esters is 1. The topological polar surface area (TPSA) is 46.6 Å². The zero-order valence-electron chi connectivity index (χ0n) is 11.1. The first kappa shape index (κ1) is 12.0. The Hall–Kier alpha value is -1.10. The van der Waals surface area contributed by atoms with Gasteiger partial charge in [0, 0.05) is 25.8 Å². The van der Waals surface area contributed by atoms with Crippen molar-refractivity contribution in [2.45, 2.75) is 37.9 Å². The summed E-state index contributed by atoms with van der Waals surface area (Å²) in [6.07, 6.45) is 4.23. The highest BCUT2D eigenvalue weighted by atomic mass is 16.5. The third kappa shape index (κ3) is 1.43. The molecule has 0 spiro atoms. The molecule has 3 aliphatic heterocycles. The van der Waals surface area contributed by atoms with Crippen molar-refractivity contribution >= 4 is 11.9 Å². The van der Waals surface area contributed by atoms with Crippen molar-refractivity contribution in [1.82, 2.24) is 4.90 Å². The predicted molar refractivity (Wildman–Crippen MR) is 64.3 cm³/mol. The lowest BCUT2D eigenvalue weighted by molar-refractivity contribution is -0.935. The van der Waals surface area contributed by atoms with E-state index in [0.717, 1.165) is 36.7 Å². The van der Waals surface area contributed by atoms with Gasteiger partial charge in [0.1, 0.15) is 0 Å². The lowest BCUT2D eigenvalue weighted by Gasteiger charge is -2.40. The monoisotopic (exact) mass is 253 g/mol. The van der Waals surface area contributed by atoms with Crippen molar-refractivity contribution in [1.29, 1.82) is 0 Å². The van der Waals surface area contributed by atoms with E-state index in [2.05, 4.69) is 7.05 Å². The highest BCUT2D eigenvalue weighted by Gasteiger charge is 2.60. The summed E-state index contributed by atoms with van der Waals surface area (Å²) in [7, 11) is 3.63. The Kier molecular flexibility index (Phi) is 2.62. The fourth-order valence-corrected chi connectivity index (χ4v) is 4.17. The SMILES string of the molecule is COC(=O)[C@@H]1CC[C@@H]2N(C1)C(=O)[C@@H]1CCC[N@+]21C. The molecule has 3 rings (SSSR count). The van der Waals surface area contributed by atoms with Crippen LogP contribution in [0.25, 0.3) is 0 Å². The largest absolute Gasteiger partial charge is 0.469 e. The summed E-state index contributed by atoms with van der Waals surface area (Å²) < 4.78 is 5.69. The predicted octanol–water partition coefficient (Wildman–Crippen LogP) is 0.347. The van der Waals surface area contributed by atoms with Crippen molar-refractivity contribution in [3.63, 3.8) is 0 Å². The standard InChI is InChI=1S/C13H21N2O3/c1-15-7-3-4-10(15)12(16)14-8-9(13(17)18-2)5-6-11(14)15/h9-11H,3-8H2,1-2H3/q+1/t9-,10+,11-,15+/m1/s1. The van der Waals surface area contributed by atoms with E-state index in [1.165, 1.54) is 7.11 Å². The van der Waals surface area contributed by atoms with Gasteiger partial charge in [-0.3, -0.25) is 19.0 Å². The number of piperidine rings is 1. The molecule has 3 saturated heterocycles. The van der Waals surface area contributed by atoms with E-state index in [1.54, 1.807) is 0 Å². The molecule has 0 aromatic rings. The molecule has 0 aromatic carbocycles. The number of methoxy groups -OCH3 is 1. The third-order valence-electron chi connectivity index (χ3n) is 5.16. The number of quaternary nitrogens is 1. The molecule has 5 nitrogen and oxygen atoms in total. The van der Waals surface area contributed by atoms with Gasteiger partial charge in [-0.15, -0.1) is 0 Å². The number of hydrogen-bond acceptors (Lipinski definition) is 3. The molecule has 0 bridgehead atoms. The second-order valence-electron chi connectivity index (χ2n) is 6.00. The number of fused-ring (bicyclic) bond motifs is 3. The van der Waals surface area contributed by atoms with Crippen LogP contribution in [0, 0.1) is 5.92 Å². The van der Waals surface area contributed by atoms with Crippen LogP contribution in [-0.4, -0.2) is 60.7 Å². The summed E-state index contributed by atoms with van der Waals surface area (Å²) in [5, 5.41) is 0. The molecule has 0 aromatic heterocycles. The van der Waals surface area contributed by atoms with Gasteiger partial charge in [-0.05, 0) is 6.42 Å². The first-order valence-electron chi connectivity index (χ1n) is 6.81. The third-order valence-corrected chi connectivity index (χ3v) is 5.16. The van der Waals surface area contributed by atoms with Crippen LogP contribution >= 0.6 is 0 Å². The molecule has 0 radical (unpaired) electrons. The van der Waals surface area contributed by atoms with Gasteiger partial charge in [0.25, 0.3) is 5.91 Å². The molecule has 18 heavy (non-hydrogen) atoms. The molecule has 4 atom stereocenters. The number of hydrogen-bond donors (Lipinski definition) is 0. The van der Waals surface area contributed by atoms with Crippen LogP contribution in [-0.2, 0) is 14.3 Å². The van der Waals surface area contributed by atoms with E-state index >= 15 is 0 Å². The highest BCUT2D eigenvalue weighted by molar-refractivity contribution is 5.84. The molecule has 3 fully saturated rings. The Labute approximate surface area is 107 Å². The lowest BCUT2D eigenvalue weighted by Crippen LogP contribution is -2.55. The van der Waals surface area contributed by atoms with Crippen molar-refractivity contribution in [3.05, 3.63) is 0 Å². The van der Waals surface area contributed by atoms with E-state index in [1.807, 2.05) is 4.90 Å². The van der Waals surface area contributed by atoms with Crippen LogP contribution < -0.4 is 0 Å². The van der Waals surface area contributed by atoms with Crippen LogP contribution in [0.5, 0.6) is 0 Å². The van der Waals surface area contributed by atoms with Gasteiger partial charge in [0.2, 0.25) is 0 Å². The molecule has 0 N–H and O–H groups in total. The summed E-state index contributed by atoms with van der Waals surface area (Å²) in [5.74, 6) is -0.0357. The minimum atomic E-state index is -0.170. The maximum Gasteiger partial charge on any atom is 0.310 e. The number of ether oxygens (including phenoxy) is 1. The maximum absolute atomic E-state index is 12.4. The van der Waals surface area contributed by atoms with E-state index in [9.17, 15) is 9.59 Å². The van der Waals surface area contributed by atoms with E-state index in [4.69, 9.17) is 4.74 Å². The highest BCUT2D eigenvalue weighted by Crippen LogP contribution is 2.42. The number of carbonyl (C=O) groups is 2. The first-order valence-corrected chi connectivity index (χ1v) is 6.81. The quantitative estimate of drug-likeness (QED) is 0.500. The van der Waals surface area contributed by atoms with Crippen molar-refractivity contribution in [2.24, 2.45) is 5.92 Å². The molecular formula is C13H21N2O3+. The average molecular weight is 253 g/mol. The Morgan fingerprint density at radius 1 is 1.39 bits per heavy atom. The minimum absolute atomic E-state index is 0.123. The summed E-state index contributed by atoms with van der Waals surface area (Å²) >= 11 is 0. The van der Waals surface area contributed by atoms with Crippen molar-refractivity contribution in [3.8, 4) is 0 Å². The van der Waals surface area contributed by atoms with Crippen LogP contribution in [0.2, 0.25) is 0 Å². The van der Waals surface area contributed by atoms with Gasteiger partial charge in [0.05, 0.1) is 26.6 Å². The average Bonchev–Trinajstić information content (AvgIpc) is 2.86. The Bertz CT molecular complexity index is 398. The Balaban J connectivity index is 1.82. The molecule has 0 unspecified atom stereocenters. The fraction of sp³-hybridized carbons (Fsp3) is 0.846. The van der Waals surface area contributed by atoms with Crippen LogP contribution in [0.1, 0.15) is 25.7 Å². The number of rotatable bonds is 1. The summed E-state index contributed by atoms with van der Waals surface area (Å²) in [5.41, 5.74) is 0. The van der Waals surface area contributed by atoms with Gasteiger partial charge >= 0.3 is 5.97 Å². The van der Waals surface area contributed by atoms with Crippen molar-refractivity contribution in [2.75, 3.05) is 27.2 Å². The van der Waals surface area contributed by atoms with Crippen LogP contribution in [0.15, 0.2) is 0 Å². The maximum atomic E-state index is 12.4. The van der Waals surface area contributed by atoms with E-state index in [0.29, 0.717) is 12.7 Å². The van der Waals surface area contributed by atoms with Gasteiger partial charge in [-0.25, -0.2) is 0 Å². The number of carbonyl (C=O) groups excluding carboxylic acids is 2. The smallest absolute Gasteiger partial charge is 0.310 e. The van der Waals surface area contributed by atoms with Gasteiger partial charge in [-0.1, -0.05) is 0 Å². The van der Waals surface area contributed by atoms with Crippen LogP contribution in [0.3, 0.4) is 0 Å². The molecular weight excluding hydrogens is 232 g/mol. The first-order chi connectivity index (χ1) is 8.58. The molecule has 5 heteroatoms. The zero-order valence-corrected chi connectivity index (χ0v) is 11.1.